The summed E-state index contributed by atoms with van der Waals surface area (Å²) in [7, 11) is 2.19. The molecule has 37 heavy (non-hydrogen) atoms. The first-order chi connectivity index (χ1) is 17.7. The molecule has 0 N–H and O–H groups in total. The highest BCUT2D eigenvalue weighted by atomic mass is 32.2. The number of aliphatic imine (C=N–C) groups is 1. The number of likely N-dealkylation sites (N-methyl/N-ethyl adjacent to an activating group) is 1. The van der Waals surface area contributed by atoms with E-state index in [2.05, 4.69) is 74.9 Å². The molecule has 3 heterocycles. The maximum absolute atomic E-state index is 13.3. The van der Waals surface area contributed by atoms with Crippen molar-refractivity contribution in [3.05, 3.63) is 58.0 Å². The Morgan fingerprint density at radius 3 is 2.54 bits per heavy atom. The summed E-state index contributed by atoms with van der Waals surface area (Å²) < 4.78 is 5.46. The van der Waals surface area contributed by atoms with Crippen LogP contribution in [0.4, 0.5) is 17.1 Å². The number of nitrogens with zero attached hydrogens (tertiary/aromatic N) is 4. The molecule has 0 unspecified atom stereocenters. The number of rotatable bonds is 4. The standard InChI is InChI=1S/C30H38N4O2S/c1-7-34-28(35)27(18-22-17-25-21(3)19-30(4,5)32(6)26(25)16-20(22)2)37-29(34)31-23-8-10-24(11-9-23)33-12-14-36-15-13-33/h8-11,16-18,21H,7,12-15,19H2,1-6H3/b27-18-,31-29?/t21-/m0/s1. The fraction of sp³-hybridized carbons (Fsp3) is 0.467. The average Bonchev–Trinajstić information content (AvgIpc) is 3.17. The molecule has 7 heteroatoms. The number of fused-ring (bicyclic) bond motifs is 1. The van der Waals surface area contributed by atoms with Crippen LogP contribution in [0.5, 0.6) is 0 Å². The summed E-state index contributed by atoms with van der Waals surface area (Å²) in [5.41, 5.74) is 7.12. The van der Waals surface area contributed by atoms with Gasteiger partial charge in [0.1, 0.15) is 0 Å². The summed E-state index contributed by atoms with van der Waals surface area (Å²) in [6, 6.07) is 12.9. The Labute approximate surface area is 225 Å². The SMILES string of the molecule is CCN1C(=O)/C(=C/c2cc3c(cc2C)N(C)C(C)(C)C[C@@H]3C)SC1=Nc1ccc(N2CCOCC2)cc1. The molecule has 196 valence electrons. The molecule has 2 saturated heterocycles. The van der Waals surface area contributed by atoms with E-state index < -0.39 is 0 Å². The predicted octanol–water partition coefficient (Wildman–Crippen LogP) is 6.18. The fourth-order valence-electron chi connectivity index (χ4n) is 5.57. The van der Waals surface area contributed by atoms with E-state index in [4.69, 9.17) is 9.73 Å². The number of ether oxygens (including phenoxy) is 1. The van der Waals surface area contributed by atoms with Crippen LogP contribution in [0.2, 0.25) is 0 Å². The Balaban J connectivity index is 1.41. The van der Waals surface area contributed by atoms with Crippen molar-refractivity contribution in [1.29, 1.82) is 0 Å². The number of morpholine rings is 1. The van der Waals surface area contributed by atoms with E-state index in [0.717, 1.165) is 54.0 Å². The molecule has 1 amide bonds. The van der Waals surface area contributed by atoms with Crippen molar-refractivity contribution < 1.29 is 9.53 Å². The van der Waals surface area contributed by atoms with E-state index in [0.29, 0.717) is 12.5 Å². The molecular weight excluding hydrogens is 480 g/mol. The number of amides is 1. The highest BCUT2D eigenvalue weighted by Crippen LogP contribution is 2.44. The quantitative estimate of drug-likeness (QED) is 0.453. The number of hydrogen-bond acceptors (Lipinski definition) is 6. The van der Waals surface area contributed by atoms with Crippen molar-refractivity contribution in [2.75, 3.05) is 49.7 Å². The summed E-state index contributed by atoms with van der Waals surface area (Å²) in [6.07, 6.45) is 3.16. The van der Waals surface area contributed by atoms with E-state index in [-0.39, 0.29) is 11.4 Å². The summed E-state index contributed by atoms with van der Waals surface area (Å²) in [5, 5.41) is 0.739. The minimum atomic E-state index is 0.0274. The van der Waals surface area contributed by atoms with E-state index >= 15 is 0 Å². The average molecular weight is 519 g/mol. The van der Waals surface area contributed by atoms with Gasteiger partial charge in [0, 0.05) is 43.6 Å². The van der Waals surface area contributed by atoms with Crippen LogP contribution in [0.15, 0.2) is 46.3 Å². The maximum Gasteiger partial charge on any atom is 0.266 e. The molecular formula is C30H38N4O2S. The van der Waals surface area contributed by atoms with Gasteiger partial charge >= 0.3 is 0 Å². The Morgan fingerprint density at radius 2 is 1.86 bits per heavy atom. The van der Waals surface area contributed by atoms with Crippen LogP contribution in [-0.2, 0) is 9.53 Å². The Kier molecular flexibility index (Phi) is 7.12. The van der Waals surface area contributed by atoms with Crippen LogP contribution >= 0.6 is 11.8 Å². The van der Waals surface area contributed by atoms with Crippen LogP contribution in [0.3, 0.4) is 0 Å². The first-order valence-electron chi connectivity index (χ1n) is 13.3. The van der Waals surface area contributed by atoms with E-state index in [9.17, 15) is 4.79 Å². The summed E-state index contributed by atoms with van der Waals surface area (Å²) in [6.45, 7) is 15.0. The molecule has 2 aromatic rings. The van der Waals surface area contributed by atoms with Gasteiger partial charge in [-0.05, 0) is 111 Å². The summed E-state index contributed by atoms with van der Waals surface area (Å²) >= 11 is 1.47. The van der Waals surface area contributed by atoms with Gasteiger partial charge in [-0.3, -0.25) is 9.69 Å². The normalized spacial score (nSPS) is 23.8. The smallest absolute Gasteiger partial charge is 0.266 e. The molecule has 3 aliphatic rings. The molecule has 0 spiro atoms. The molecule has 3 aliphatic heterocycles. The van der Waals surface area contributed by atoms with Crippen LogP contribution in [0, 0.1) is 6.92 Å². The van der Waals surface area contributed by atoms with E-state index in [1.54, 1.807) is 4.90 Å². The molecule has 2 aromatic carbocycles. The van der Waals surface area contributed by atoms with Crippen molar-refractivity contribution in [2.24, 2.45) is 4.99 Å². The third-order valence-electron chi connectivity index (χ3n) is 7.96. The Morgan fingerprint density at radius 1 is 1.16 bits per heavy atom. The zero-order valence-electron chi connectivity index (χ0n) is 22.9. The number of thioether (sulfide) groups is 1. The van der Waals surface area contributed by atoms with Crippen molar-refractivity contribution in [2.45, 2.75) is 52.5 Å². The molecule has 0 saturated carbocycles. The number of aryl methyl sites for hydroxylation is 1. The first kappa shape index (κ1) is 25.9. The Bertz CT molecular complexity index is 1240. The summed E-state index contributed by atoms with van der Waals surface area (Å²) in [5.74, 6) is 0.496. The lowest BCUT2D eigenvalue weighted by atomic mass is 9.79. The second kappa shape index (κ2) is 10.2. The third-order valence-corrected chi connectivity index (χ3v) is 8.97. The van der Waals surface area contributed by atoms with Crippen molar-refractivity contribution in [1.82, 2.24) is 4.90 Å². The van der Waals surface area contributed by atoms with Gasteiger partial charge < -0.3 is 14.5 Å². The molecule has 0 aliphatic carbocycles. The number of hydrogen-bond donors (Lipinski definition) is 0. The van der Waals surface area contributed by atoms with Gasteiger partial charge in [0.25, 0.3) is 5.91 Å². The third kappa shape index (κ3) is 5.04. The molecule has 0 bridgehead atoms. The zero-order chi connectivity index (χ0) is 26.3. The minimum Gasteiger partial charge on any atom is -0.378 e. The van der Waals surface area contributed by atoms with Crippen molar-refractivity contribution >= 4 is 46.0 Å². The predicted molar refractivity (Wildman–Crippen MR) is 156 cm³/mol. The van der Waals surface area contributed by atoms with Crippen LogP contribution < -0.4 is 9.80 Å². The van der Waals surface area contributed by atoms with E-state index in [1.165, 1.54) is 34.3 Å². The van der Waals surface area contributed by atoms with Crippen LogP contribution in [0.25, 0.3) is 6.08 Å². The lowest BCUT2D eigenvalue weighted by molar-refractivity contribution is -0.122. The monoisotopic (exact) mass is 518 g/mol. The number of benzene rings is 2. The molecule has 5 rings (SSSR count). The maximum atomic E-state index is 13.3. The minimum absolute atomic E-state index is 0.0274. The number of anilines is 2. The van der Waals surface area contributed by atoms with Gasteiger partial charge in [-0.1, -0.05) is 6.92 Å². The lowest BCUT2D eigenvalue weighted by Crippen LogP contribution is -2.45. The van der Waals surface area contributed by atoms with Gasteiger partial charge in [-0.15, -0.1) is 0 Å². The van der Waals surface area contributed by atoms with Crippen LogP contribution in [-0.4, -0.2) is 61.4 Å². The van der Waals surface area contributed by atoms with Gasteiger partial charge in [-0.25, -0.2) is 4.99 Å². The largest absolute Gasteiger partial charge is 0.378 e. The molecule has 6 nitrogen and oxygen atoms in total. The summed E-state index contributed by atoms with van der Waals surface area (Å²) in [4.78, 5) is 25.4. The van der Waals surface area contributed by atoms with Crippen molar-refractivity contribution in [3.63, 3.8) is 0 Å². The van der Waals surface area contributed by atoms with Gasteiger partial charge in [0.2, 0.25) is 0 Å². The lowest BCUT2D eigenvalue weighted by Gasteiger charge is -2.45. The highest BCUT2D eigenvalue weighted by Gasteiger charge is 2.35. The molecule has 0 aromatic heterocycles. The number of carbonyl (C=O) groups excluding carboxylic acids is 1. The molecule has 0 radical (unpaired) electrons. The molecule has 1 atom stereocenters. The molecule has 2 fully saturated rings. The van der Waals surface area contributed by atoms with Gasteiger partial charge in [0.15, 0.2) is 5.17 Å². The fourth-order valence-corrected chi connectivity index (χ4v) is 6.62. The topological polar surface area (TPSA) is 48.4 Å². The zero-order valence-corrected chi connectivity index (χ0v) is 23.7. The second-order valence-electron chi connectivity index (χ2n) is 10.9. The Hall–Kier alpha value is -2.77. The highest BCUT2D eigenvalue weighted by molar-refractivity contribution is 8.18. The van der Waals surface area contributed by atoms with Gasteiger partial charge in [-0.2, -0.15) is 0 Å². The second-order valence-corrected chi connectivity index (χ2v) is 11.9. The number of amidine groups is 1. The van der Waals surface area contributed by atoms with E-state index in [1.807, 2.05) is 19.1 Å². The number of carbonyl (C=O) groups is 1. The van der Waals surface area contributed by atoms with Crippen LogP contribution in [0.1, 0.15) is 56.7 Å². The van der Waals surface area contributed by atoms with Gasteiger partial charge in [0.05, 0.1) is 23.8 Å². The van der Waals surface area contributed by atoms with Crippen molar-refractivity contribution in [3.8, 4) is 0 Å². The first-order valence-corrected chi connectivity index (χ1v) is 14.1.